The van der Waals surface area contributed by atoms with Crippen LogP contribution in [-0.2, 0) is 11.4 Å². The van der Waals surface area contributed by atoms with Crippen molar-refractivity contribution in [3.05, 3.63) is 22.7 Å². The largest absolute Gasteiger partial charge is 0.493 e. The molecule has 16 heavy (non-hydrogen) atoms. The van der Waals surface area contributed by atoms with Crippen molar-refractivity contribution < 1.29 is 14.3 Å². The minimum absolute atomic E-state index is 0.521. The van der Waals surface area contributed by atoms with Crippen LogP contribution in [-0.4, -0.2) is 20.8 Å². The predicted molar refractivity (Wildman–Crippen MR) is 63.0 cm³/mol. The summed E-state index contributed by atoms with van der Waals surface area (Å²) >= 11 is 6.17. The second kappa shape index (κ2) is 6.58. The number of rotatable bonds is 6. The van der Waals surface area contributed by atoms with Gasteiger partial charge in [0.25, 0.3) is 0 Å². The van der Waals surface area contributed by atoms with Gasteiger partial charge in [0.05, 0.1) is 25.8 Å². The monoisotopic (exact) mass is 245 g/mol. The molecule has 5 heteroatoms. The summed E-state index contributed by atoms with van der Waals surface area (Å²) in [6, 6.07) is 3.68. The van der Waals surface area contributed by atoms with E-state index in [0.29, 0.717) is 29.7 Å². The first-order valence-electron chi connectivity index (χ1n) is 4.98. The Bertz CT molecular complexity index is 344. The minimum Gasteiger partial charge on any atom is -0.493 e. The van der Waals surface area contributed by atoms with Gasteiger partial charge in [0.15, 0.2) is 11.5 Å². The van der Waals surface area contributed by atoms with Gasteiger partial charge in [-0.2, -0.15) is 5.48 Å². The molecule has 1 aromatic rings. The van der Waals surface area contributed by atoms with Crippen LogP contribution >= 0.6 is 11.6 Å². The van der Waals surface area contributed by atoms with Crippen molar-refractivity contribution in [2.45, 2.75) is 13.5 Å². The number of hydrogen-bond donors (Lipinski definition) is 1. The summed E-state index contributed by atoms with van der Waals surface area (Å²) in [6.07, 6.45) is 0. The zero-order valence-electron chi connectivity index (χ0n) is 9.67. The van der Waals surface area contributed by atoms with E-state index in [2.05, 4.69) is 5.48 Å². The number of hydrogen-bond acceptors (Lipinski definition) is 4. The molecule has 90 valence electrons. The highest BCUT2D eigenvalue weighted by Gasteiger charge is 2.12. The van der Waals surface area contributed by atoms with Crippen molar-refractivity contribution in [1.82, 2.24) is 5.48 Å². The number of halogens is 1. The van der Waals surface area contributed by atoms with E-state index in [-0.39, 0.29) is 0 Å². The van der Waals surface area contributed by atoms with Crippen molar-refractivity contribution in [1.29, 1.82) is 0 Å². The van der Waals surface area contributed by atoms with E-state index in [9.17, 15) is 0 Å². The molecular formula is C11H16ClNO3. The van der Waals surface area contributed by atoms with Crippen LogP contribution in [0.25, 0.3) is 0 Å². The molecule has 4 nitrogen and oxygen atoms in total. The standard InChI is InChI=1S/C11H16ClNO3/c1-4-16-13-7-8-5-6-9(14-2)11(15-3)10(8)12/h5-6,13H,4,7H2,1-3H3. The molecule has 0 atom stereocenters. The van der Waals surface area contributed by atoms with Gasteiger partial charge in [0, 0.05) is 6.54 Å². The Kier molecular flexibility index (Phi) is 5.38. The Balaban J connectivity index is 2.86. The summed E-state index contributed by atoms with van der Waals surface area (Å²) in [6.45, 7) is 3.03. The molecule has 0 aliphatic carbocycles. The van der Waals surface area contributed by atoms with Crippen LogP contribution in [0.2, 0.25) is 5.02 Å². The molecule has 1 rings (SSSR count). The minimum atomic E-state index is 0.521. The van der Waals surface area contributed by atoms with Gasteiger partial charge in [-0.05, 0) is 18.6 Å². The third kappa shape index (κ3) is 3.01. The Hall–Kier alpha value is -0.970. The van der Waals surface area contributed by atoms with E-state index in [1.165, 1.54) is 0 Å². The van der Waals surface area contributed by atoms with Crippen LogP contribution in [0.4, 0.5) is 0 Å². The fourth-order valence-electron chi connectivity index (χ4n) is 1.30. The second-order valence-electron chi connectivity index (χ2n) is 3.03. The number of methoxy groups -OCH3 is 2. The van der Waals surface area contributed by atoms with E-state index in [0.717, 1.165) is 5.56 Å². The number of ether oxygens (including phenoxy) is 2. The maximum atomic E-state index is 6.17. The van der Waals surface area contributed by atoms with Crippen molar-refractivity contribution in [3.63, 3.8) is 0 Å². The van der Waals surface area contributed by atoms with E-state index in [1.54, 1.807) is 14.2 Å². The summed E-state index contributed by atoms with van der Waals surface area (Å²) in [5.41, 5.74) is 3.70. The lowest BCUT2D eigenvalue weighted by atomic mass is 10.2. The molecule has 0 fully saturated rings. The van der Waals surface area contributed by atoms with E-state index < -0.39 is 0 Å². The Labute approximate surface area is 100 Å². The lowest BCUT2D eigenvalue weighted by molar-refractivity contribution is 0.0463. The molecule has 1 aromatic carbocycles. The predicted octanol–water partition coefficient (Wildman–Crippen LogP) is 2.40. The SMILES string of the molecule is CCONCc1ccc(OC)c(OC)c1Cl. The van der Waals surface area contributed by atoms with Gasteiger partial charge in [-0.15, -0.1) is 0 Å². The first-order valence-corrected chi connectivity index (χ1v) is 5.36. The van der Waals surface area contributed by atoms with Crippen LogP contribution in [0, 0.1) is 0 Å². The highest BCUT2D eigenvalue weighted by atomic mass is 35.5. The number of benzene rings is 1. The topological polar surface area (TPSA) is 39.7 Å². The average Bonchev–Trinajstić information content (AvgIpc) is 2.31. The van der Waals surface area contributed by atoms with Gasteiger partial charge in [-0.1, -0.05) is 17.7 Å². The molecule has 1 N–H and O–H groups in total. The first-order chi connectivity index (χ1) is 7.74. The molecule has 0 radical (unpaired) electrons. The van der Waals surface area contributed by atoms with E-state index in [4.69, 9.17) is 25.9 Å². The summed E-state index contributed by atoms with van der Waals surface area (Å²) < 4.78 is 10.3. The van der Waals surface area contributed by atoms with Crippen molar-refractivity contribution in [2.24, 2.45) is 0 Å². The number of hydroxylamine groups is 1. The highest BCUT2D eigenvalue weighted by Crippen LogP contribution is 2.37. The molecule has 0 unspecified atom stereocenters. The van der Waals surface area contributed by atoms with E-state index in [1.807, 2.05) is 19.1 Å². The molecule has 0 bridgehead atoms. The third-order valence-electron chi connectivity index (χ3n) is 2.07. The highest BCUT2D eigenvalue weighted by molar-refractivity contribution is 6.33. The maximum absolute atomic E-state index is 6.17. The van der Waals surface area contributed by atoms with Gasteiger partial charge in [-0.3, -0.25) is 0 Å². The molecule has 0 aromatic heterocycles. The van der Waals surface area contributed by atoms with Crippen molar-refractivity contribution in [2.75, 3.05) is 20.8 Å². The van der Waals surface area contributed by atoms with Crippen LogP contribution in [0.5, 0.6) is 11.5 Å². The van der Waals surface area contributed by atoms with Gasteiger partial charge in [0.2, 0.25) is 0 Å². The van der Waals surface area contributed by atoms with Crippen LogP contribution in [0.1, 0.15) is 12.5 Å². The smallest absolute Gasteiger partial charge is 0.179 e. The fourth-order valence-corrected chi connectivity index (χ4v) is 1.60. The molecule has 0 saturated heterocycles. The van der Waals surface area contributed by atoms with Gasteiger partial charge in [-0.25, -0.2) is 0 Å². The first kappa shape index (κ1) is 13.1. The maximum Gasteiger partial charge on any atom is 0.179 e. The van der Waals surface area contributed by atoms with Crippen molar-refractivity contribution in [3.8, 4) is 11.5 Å². The zero-order valence-corrected chi connectivity index (χ0v) is 10.4. The van der Waals surface area contributed by atoms with Gasteiger partial charge >= 0.3 is 0 Å². The molecule has 0 aliphatic heterocycles. The summed E-state index contributed by atoms with van der Waals surface area (Å²) in [5.74, 6) is 1.16. The van der Waals surface area contributed by atoms with Crippen molar-refractivity contribution >= 4 is 11.6 Å². The molecule has 0 amide bonds. The lowest BCUT2D eigenvalue weighted by Gasteiger charge is -2.12. The molecular weight excluding hydrogens is 230 g/mol. The van der Waals surface area contributed by atoms with Crippen LogP contribution < -0.4 is 15.0 Å². The third-order valence-corrected chi connectivity index (χ3v) is 2.49. The van der Waals surface area contributed by atoms with Gasteiger partial charge < -0.3 is 14.3 Å². The number of nitrogens with one attached hydrogen (secondary N) is 1. The normalized spacial score (nSPS) is 10.2. The fraction of sp³-hybridized carbons (Fsp3) is 0.455. The summed E-state index contributed by atoms with van der Waals surface area (Å²) in [5, 5.41) is 0.536. The van der Waals surface area contributed by atoms with E-state index >= 15 is 0 Å². The quantitative estimate of drug-likeness (QED) is 0.617. The molecule has 0 aliphatic rings. The zero-order chi connectivity index (χ0) is 12.0. The summed E-state index contributed by atoms with van der Waals surface area (Å²) in [4.78, 5) is 5.04. The molecule has 0 saturated carbocycles. The second-order valence-corrected chi connectivity index (χ2v) is 3.41. The Morgan fingerprint density at radius 3 is 2.56 bits per heavy atom. The summed E-state index contributed by atoms with van der Waals surface area (Å²) in [7, 11) is 3.13. The molecule has 0 heterocycles. The van der Waals surface area contributed by atoms with Crippen LogP contribution in [0.15, 0.2) is 12.1 Å². The Morgan fingerprint density at radius 2 is 2.00 bits per heavy atom. The molecule has 0 spiro atoms. The van der Waals surface area contributed by atoms with Gasteiger partial charge in [0.1, 0.15) is 0 Å². The average molecular weight is 246 g/mol. The van der Waals surface area contributed by atoms with Crippen LogP contribution in [0.3, 0.4) is 0 Å². The lowest BCUT2D eigenvalue weighted by Crippen LogP contribution is -2.14. The Morgan fingerprint density at radius 1 is 1.25 bits per heavy atom.